The summed E-state index contributed by atoms with van der Waals surface area (Å²) < 4.78 is 0. The molecule has 0 saturated heterocycles. The van der Waals surface area contributed by atoms with Crippen LogP contribution in [0.5, 0.6) is 0 Å². The van der Waals surface area contributed by atoms with Crippen LogP contribution in [-0.4, -0.2) is 23.5 Å². The molecule has 0 aliphatic rings. The third-order valence-electron chi connectivity index (χ3n) is 2.62. The van der Waals surface area contributed by atoms with Gasteiger partial charge in [-0.15, -0.1) is 0 Å². The van der Waals surface area contributed by atoms with Gasteiger partial charge in [0.25, 0.3) is 0 Å². The van der Waals surface area contributed by atoms with Crippen LogP contribution in [0, 0.1) is 0 Å². The number of hydrogen-bond donors (Lipinski definition) is 2. The van der Waals surface area contributed by atoms with Gasteiger partial charge in [0.15, 0.2) is 5.78 Å². The number of carbonyl (C=O) groups is 1. The van der Waals surface area contributed by atoms with Crippen molar-refractivity contribution in [2.24, 2.45) is 5.73 Å². The minimum Gasteiger partial charge on any atom is -0.384 e. The minimum atomic E-state index is -0.940. The molecule has 1 unspecified atom stereocenters. The van der Waals surface area contributed by atoms with Gasteiger partial charge in [0.2, 0.25) is 0 Å². The normalized spacial score (nSPS) is 12.7. The van der Waals surface area contributed by atoms with Gasteiger partial charge in [0, 0.05) is 13.0 Å². The fourth-order valence-electron chi connectivity index (χ4n) is 1.55. The SMILES string of the molecule is CCCCCCCCCC(=O)C(O)CN. The van der Waals surface area contributed by atoms with E-state index >= 15 is 0 Å². The van der Waals surface area contributed by atoms with Crippen molar-refractivity contribution < 1.29 is 9.90 Å². The standard InChI is InChI=1S/C12H25NO2/c1-2-3-4-5-6-7-8-9-11(14)12(15)10-13/h12,15H,2-10,13H2,1H3. The summed E-state index contributed by atoms with van der Waals surface area (Å²) in [6.07, 6.45) is 7.86. The van der Waals surface area contributed by atoms with Crippen LogP contribution in [-0.2, 0) is 4.79 Å². The van der Waals surface area contributed by atoms with Crippen molar-refractivity contribution >= 4 is 5.78 Å². The highest BCUT2D eigenvalue weighted by atomic mass is 16.3. The molecule has 3 heteroatoms. The van der Waals surface area contributed by atoms with Crippen LogP contribution in [0.3, 0.4) is 0 Å². The smallest absolute Gasteiger partial charge is 0.162 e. The molecule has 0 bridgehead atoms. The Morgan fingerprint density at radius 2 is 1.67 bits per heavy atom. The summed E-state index contributed by atoms with van der Waals surface area (Å²) in [7, 11) is 0. The Morgan fingerprint density at radius 3 is 2.20 bits per heavy atom. The number of hydrogen-bond acceptors (Lipinski definition) is 3. The van der Waals surface area contributed by atoms with Crippen LogP contribution < -0.4 is 5.73 Å². The Labute approximate surface area is 93.0 Å². The summed E-state index contributed by atoms with van der Waals surface area (Å²) in [5, 5.41) is 9.12. The lowest BCUT2D eigenvalue weighted by molar-refractivity contribution is -0.126. The molecule has 0 aliphatic heterocycles. The number of rotatable bonds is 10. The molecule has 0 radical (unpaired) electrons. The molecule has 1 atom stereocenters. The van der Waals surface area contributed by atoms with Crippen LogP contribution >= 0.6 is 0 Å². The Hall–Kier alpha value is -0.410. The van der Waals surface area contributed by atoms with Crippen LogP contribution in [0.4, 0.5) is 0 Å². The number of ketones is 1. The molecule has 0 spiro atoms. The fourth-order valence-corrected chi connectivity index (χ4v) is 1.55. The van der Waals surface area contributed by atoms with Crippen molar-refractivity contribution in [3.8, 4) is 0 Å². The van der Waals surface area contributed by atoms with E-state index in [1.54, 1.807) is 0 Å². The Bertz CT molecular complexity index is 160. The number of carbonyl (C=O) groups excluding carboxylic acids is 1. The third kappa shape index (κ3) is 8.58. The molecule has 0 aromatic rings. The molecule has 0 amide bonds. The first kappa shape index (κ1) is 14.6. The molecular formula is C12H25NO2. The highest BCUT2D eigenvalue weighted by molar-refractivity contribution is 5.82. The second-order valence-corrected chi connectivity index (χ2v) is 4.09. The zero-order valence-electron chi connectivity index (χ0n) is 9.87. The van der Waals surface area contributed by atoms with Gasteiger partial charge < -0.3 is 10.8 Å². The van der Waals surface area contributed by atoms with Gasteiger partial charge in [-0.3, -0.25) is 4.79 Å². The molecule has 90 valence electrons. The van der Waals surface area contributed by atoms with Gasteiger partial charge in [0.05, 0.1) is 0 Å². The topological polar surface area (TPSA) is 63.3 Å². The van der Waals surface area contributed by atoms with E-state index in [2.05, 4.69) is 6.92 Å². The maximum atomic E-state index is 11.2. The number of Topliss-reactive ketones (excluding diaryl/α,β-unsaturated/α-hetero) is 1. The number of aliphatic hydroxyl groups is 1. The number of nitrogens with two attached hydrogens (primary N) is 1. The van der Waals surface area contributed by atoms with E-state index in [1.165, 1.54) is 32.1 Å². The predicted octanol–water partition coefficient (Wildman–Crippen LogP) is 2.02. The van der Waals surface area contributed by atoms with E-state index in [0.29, 0.717) is 6.42 Å². The largest absolute Gasteiger partial charge is 0.384 e. The van der Waals surface area contributed by atoms with Crippen LogP contribution in [0.25, 0.3) is 0 Å². The van der Waals surface area contributed by atoms with Crippen molar-refractivity contribution in [2.75, 3.05) is 6.54 Å². The van der Waals surface area contributed by atoms with Gasteiger partial charge >= 0.3 is 0 Å². The Morgan fingerprint density at radius 1 is 1.13 bits per heavy atom. The molecule has 3 nitrogen and oxygen atoms in total. The monoisotopic (exact) mass is 215 g/mol. The maximum absolute atomic E-state index is 11.2. The second-order valence-electron chi connectivity index (χ2n) is 4.09. The van der Waals surface area contributed by atoms with Crippen molar-refractivity contribution in [2.45, 2.75) is 64.4 Å². The number of unbranched alkanes of at least 4 members (excludes halogenated alkanes) is 6. The lowest BCUT2D eigenvalue weighted by Gasteiger charge is -2.05. The zero-order valence-corrected chi connectivity index (χ0v) is 9.87. The molecule has 0 rings (SSSR count). The first-order valence-electron chi connectivity index (χ1n) is 6.13. The summed E-state index contributed by atoms with van der Waals surface area (Å²) in [6, 6.07) is 0. The zero-order chi connectivity index (χ0) is 11.5. The van der Waals surface area contributed by atoms with Crippen molar-refractivity contribution in [1.82, 2.24) is 0 Å². The number of aliphatic hydroxyl groups excluding tert-OH is 1. The van der Waals surface area contributed by atoms with E-state index in [9.17, 15) is 4.79 Å². The van der Waals surface area contributed by atoms with Crippen molar-refractivity contribution in [3.63, 3.8) is 0 Å². The van der Waals surface area contributed by atoms with Crippen LogP contribution in [0.1, 0.15) is 58.3 Å². The first-order valence-corrected chi connectivity index (χ1v) is 6.13. The molecule has 0 aliphatic carbocycles. The quantitative estimate of drug-likeness (QED) is 0.548. The first-order chi connectivity index (χ1) is 7.22. The lowest BCUT2D eigenvalue weighted by atomic mass is 10.0. The average molecular weight is 215 g/mol. The van der Waals surface area contributed by atoms with E-state index in [4.69, 9.17) is 10.8 Å². The lowest BCUT2D eigenvalue weighted by Crippen LogP contribution is -2.28. The van der Waals surface area contributed by atoms with Crippen LogP contribution in [0.15, 0.2) is 0 Å². The summed E-state index contributed by atoms with van der Waals surface area (Å²) in [5.41, 5.74) is 5.19. The van der Waals surface area contributed by atoms with E-state index in [0.717, 1.165) is 12.8 Å². The average Bonchev–Trinajstić information content (AvgIpc) is 2.26. The minimum absolute atomic E-state index is 0.0509. The molecule has 3 N–H and O–H groups in total. The Balaban J connectivity index is 3.20. The third-order valence-corrected chi connectivity index (χ3v) is 2.62. The predicted molar refractivity (Wildman–Crippen MR) is 62.7 cm³/mol. The van der Waals surface area contributed by atoms with E-state index in [1.807, 2.05) is 0 Å². The maximum Gasteiger partial charge on any atom is 0.162 e. The molecular weight excluding hydrogens is 190 g/mol. The summed E-state index contributed by atoms with van der Waals surface area (Å²) in [6.45, 7) is 2.25. The molecule has 0 heterocycles. The van der Waals surface area contributed by atoms with Crippen molar-refractivity contribution in [3.05, 3.63) is 0 Å². The molecule has 15 heavy (non-hydrogen) atoms. The summed E-state index contributed by atoms with van der Waals surface area (Å²) in [5.74, 6) is -0.106. The van der Waals surface area contributed by atoms with Crippen LogP contribution in [0.2, 0.25) is 0 Å². The van der Waals surface area contributed by atoms with E-state index in [-0.39, 0.29) is 12.3 Å². The van der Waals surface area contributed by atoms with Gasteiger partial charge in [-0.05, 0) is 6.42 Å². The summed E-state index contributed by atoms with van der Waals surface area (Å²) in [4.78, 5) is 11.2. The molecule has 0 fully saturated rings. The van der Waals surface area contributed by atoms with Crippen molar-refractivity contribution in [1.29, 1.82) is 0 Å². The molecule has 0 aromatic carbocycles. The Kier molecular flexibility index (Phi) is 9.84. The van der Waals surface area contributed by atoms with Gasteiger partial charge in [0.1, 0.15) is 6.10 Å². The molecule has 0 aromatic heterocycles. The van der Waals surface area contributed by atoms with Gasteiger partial charge in [-0.2, -0.15) is 0 Å². The highest BCUT2D eigenvalue weighted by Gasteiger charge is 2.11. The molecule has 0 saturated carbocycles. The highest BCUT2D eigenvalue weighted by Crippen LogP contribution is 2.09. The fraction of sp³-hybridized carbons (Fsp3) is 0.917. The second kappa shape index (κ2) is 10.1. The summed E-state index contributed by atoms with van der Waals surface area (Å²) >= 11 is 0. The van der Waals surface area contributed by atoms with Gasteiger partial charge in [-0.25, -0.2) is 0 Å². The van der Waals surface area contributed by atoms with E-state index < -0.39 is 6.10 Å². The van der Waals surface area contributed by atoms with Gasteiger partial charge in [-0.1, -0.05) is 45.4 Å².